The van der Waals surface area contributed by atoms with Gasteiger partial charge in [0.2, 0.25) is 0 Å². The SMILES string of the molecule is Cc1cc([N+](=O)[O-])cc2cc(C(C)C)c(Cl)nc12. The number of nitro groups is 1. The average Bonchev–Trinajstić information content (AvgIpc) is 2.28. The van der Waals surface area contributed by atoms with Gasteiger partial charge in [-0.2, -0.15) is 0 Å². The normalized spacial score (nSPS) is 11.2. The van der Waals surface area contributed by atoms with Gasteiger partial charge in [-0.05, 0) is 30.0 Å². The van der Waals surface area contributed by atoms with Crippen molar-refractivity contribution < 1.29 is 4.92 Å². The number of nitro benzene ring substituents is 1. The van der Waals surface area contributed by atoms with Gasteiger partial charge in [-0.25, -0.2) is 4.98 Å². The summed E-state index contributed by atoms with van der Waals surface area (Å²) in [5, 5.41) is 12.1. The van der Waals surface area contributed by atoms with Gasteiger partial charge in [0.15, 0.2) is 0 Å². The van der Waals surface area contributed by atoms with E-state index in [1.807, 2.05) is 19.9 Å². The molecule has 0 spiro atoms. The van der Waals surface area contributed by atoms with Gasteiger partial charge in [-0.15, -0.1) is 0 Å². The topological polar surface area (TPSA) is 56.0 Å². The van der Waals surface area contributed by atoms with Gasteiger partial charge < -0.3 is 0 Å². The molecule has 0 radical (unpaired) electrons. The molecule has 0 atom stereocenters. The second-order valence-electron chi connectivity index (χ2n) is 4.61. The molecule has 0 bridgehead atoms. The molecule has 0 saturated carbocycles. The van der Waals surface area contributed by atoms with Gasteiger partial charge in [0.25, 0.3) is 5.69 Å². The minimum Gasteiger partial charge on any atom is -0.258 e. The summed E-state index contributed by atoms with van der Waals surface area (Å²) in [5.41, 5.74) is 2.47. The Morgan fingerprint density at radius 3 is 2.56 bits per heavy atom. The molecule has 94 valence electrons. The fourth-order valence-corrected chi connectivity index (χ4v) is 2.31. The van der Waals surface area contributed by atoms with E-state index < -0.39 is 4.92 Å². The Kier molecular flexibility index (Phi) is 3.22. The molecule has 18 heavy (non-hydrogen) atoms. The number of fused-ring (bicyclic) bond motifs is 1. The molecule has 0 unspecified atom stereocenters. The van der Waals surface area contributed by atoms with E-state index in [-0.39, 0.29) is 11.6 Å². The molecule has 0 aliphatic heterocycles. The first-order valence-corrected chi connectivity index (χ1v) is 6.03. The molecule has 0 aliphatic rings. The molecule has 2 rings (SSSR count). The third kappa shape index (κ3) is 2.16. The van der Waals surface area contributed by atoms with E-state index in [0.717, 1.165) is 22.0 Å². The number of non-ortho nitro benzene ring substituents is 1. The van der Waals surface area contributed by atoms with E-state index >= 15 is 0 Å². The largest absolute Gasteiger partial charge is 0.270 e. The van der Waals surface area contributed by atoms with Crippen molar-refractivity contribution in [1.29, 1.82) is 0 Å². The van der Waals surface area contributed by atoms with Gasteiger partial charge in [0, 0.05) is 17.5 Å². The molecule has 2 aromatic rings. The van der Waals surface area contributed by atoms with Crippen LogP contribution in [0.2, 0.25) is 5.15 Å². The lowest BCUT2D eigenvalue weighted by molar-refractivity contribution is -0.384. The molecular formula is C13H13ClN2O2. The van der Waals surface area contributed by atoms with Crippen molar-refractivity contribution in [2.24, 2.45) is 0 Å². The number of aryl methyl sites for hydroxylation is 1. The lowest BCUT2D eigenvalue weighted by Gasteiger charge is -2.10. The predicted molar refractivity (Wildman–Crippen MR) is 72.2 cm³/mol. The third-order valence-corrected chi connectivity index (χ3v) is 3.21. The van der Waals surface area contributed by atoms with Gasteiger partial charge >= 0.3 is 0 Å². The summed E-state index contributed by atoms with van der Waals surface area (Å²) in [6.07, 6.45) is 0. The van der Waals surface area contributed by atoms with E-state index in [2.05, 4.69) is 4.98 Å². The highest BCUT2D eigenvalue weighted by atomic mass is 35.5. The maximum absolute atomic E-state index is 10.8. The van der Waals surface area contributed by atoms with Crippen LogP contribution in [-0.4, -0.2) is 9.91 Å². The number of aromatic nitrogens is 1. The Bertz CT molecular complexity index is 638. The van der Waals surface area contributed by atoms with Crippen LogP contribution in [-0.2, 0) is 0 Å². The number of rotatable bonds is 2. The van der Waals surface area contributed by atoms with Crippen molar-refractivity contribution in [3.63, 3.8) is 0 Å². The highest BCUT2D eigenvalue weighted by molar-refractivity contribution is 6.30. The first-order valence-electron chi connectivity index (χ1n) is 5.65. The van der Waals surface area contributed by atoms with Crippen LogP contribution in [0.4, 0.5) is 5.69 Å². The molecule has 0 saturated heterocycles. The molecule has 1 aromatic carbocycles. The van der Waals surface area contributed by atoms with Gasteiger partial charge in [0.05, 0.1) is 10.4 Å². The van der Waals surface area contributed by atoms with Crippen molar-refractivity contribution in [2.45, 2.75) is 26.7 Å². The summed E-state index contributed by atoms with van der Waals surface area (Å²) >= 11 is 6.13. The number of benzene rings is 1. The summed E-state index contributed by atoms with van der Waals surface area (Å²) in [4.78, 5) is 14.8. The van der Waals surface area contributed by atoms with E-state index in [1.54, 1.807) is 6.92 Å². The van der Waals surface area contributed by atoms with Crippen molar-refractivity contribution in [3.8, 4) is 0 Å². The van der Waals surface area contributed by atoms with Crippen LogP contribution in [0.5, 0.6) is 0 Å². The summed E-state index contributed by atoms with van der Waals surface area (Å²) in [7, 11) is 0. The monoisotopic (exact) mass is 264 g/mol. The quantitative estimate of drug-likeness (QED) is 0.463. The second-order valence-corrected chi connectivity index (χ2v) is 4.97. The fourth-order valence-electron chi connectivity index (χ4n) is 1.95. The number of halogens is 1. The lowest BCUT2D eigenvalue weighted by atomic mass is 10.0. The van der Waals surface area contributed by atoms with Gasteiger partial charge in [-0.3, -0.25) is 10.1 Å². The number of pyridine rings is 1. The van der Waals surface area contributed by atoms with Crippen LogP contribution in [0.25, 0.3) is 10.9 Å². The van der Waals surface area contributed by atoms with Gasteiger partial charge in [-0.1, -0.05) is 25.4 Å². The van der Waals surface area contributed by atoms with Crippen LogP contribution in [0.1, 0.15) is 30.9 Å². The molecule has 5 heteroatoms. The Balaban J connectivity index is 2.78. The van der Waals surface area contributed by atoms with Crippen LogP contribution in [0.15, 0.2) is 18.2 Å². The fraction of sp³-hybridized carbons (Fsp3) is 0.308. The highest BCUT2D eigenvalue weighted by Crippen LogP contribution is 2.30. The zero-order valence-electron chi connectivity index (χ0n) is 10.4. The smallest absolute Gasteiger partial charge is 0.258 e. The Labute approximate surface area is 110 Å². The van der Waals surface area contributed by atoms with Crippen molar-refractivity contribution >= 4 is 28.2 Å². The van der Waals surface area contributed by atoms with Gasteiger partial charge in [0.1, 0.15) is 5.15 Å². The Morgan fingerprint density at radius 2 is 2.00 bits per heavy atom. The first-order chi connectivity index (χ1) is 8.40. The Morgan fingerprint density at radius 1 is 1.33 bits per heavy atom. The van der Waals surface area contributed by atoms with Crippen molar-refractivity contribution in [2.75, 3.05) is 0 Å². The van der Waals surface area contributed by atoms with Crippen LogP contribution >= 0.6 is 11.6 Å². The zero-order valence-corrected chi connectivity index (χ0v) is 11.2. The summed E-state index contributed by atoms with van der Waals surface area (Å²) in [6.45, 7) is 5.82. The standard InChI is InChI=1S/C13H13ClN2O2/c1-7(2)11-6-9-5-10(16(17)18)4-8(3)12(9)15-13(11)14/h4-7H,1-3H3. The van der Waals surface area contributed by atoms with Crippen molar-refractivity contribution in [1.82, 2.24) is 4.98 Å². The number of nitrogens with zero attached hydrogens (tertiary/aromatic N) is 2. The predicted octanol–water partition coefficient (Wildman–Crippen LogP) is 4.23. The average molecular weight is 265 g/mol. The number of hydrogen-bond donors (Lipinski definition) is 0. The second kappa shape index (κ2) is 4.53. The molecular weight excluding hydrogens is 252 g/mol. The lowest BCUT2D eigenvalue weighted by Crippen LogP contribution is -1.96. The highest BCUT2D eigenvalue weighted by Gasteiger charge is 2.14. The summed E-state index contributed by atoms with van der Waals surface area (Å²) in [6, 6.07) is 4.94. The first kappa shape index (κ1) is 12.8. The minimum atomic E-state index is -0.393. The Hall–Kier alpha value is -1.68. The summed E-state index contributed by atoms with van der Waals surface area (Å²) in [5.74, 6) is 0.231. The molecule has 1 aromatic heterocycles. The molecule has 4 nitrogen and oxygen atoms in total. The van der Waals surface area contributed by atoms with Crippen molar-refractivity contribution in [3.05, 3.63) is 44.6 Å². The summed E-state index contributed by atoms with van der Waals surface area (Å²) < 4.78 is 0. The zero-order chi connectivity index (χ0) is 13.4. The molecule has 0 fully saturated rings. The molecule has 0 N–H and O–H groups in total. The maximum Gasteiger partial charge on any atom is 0.270 e. The van der Waals surface area contributed by atoms with E-state index in [1.165, 1.54) is 12.1 Å². The van der Waals surface area contributed by atoms with Crippen LogP contribution in [0.3, 0.4) is 0 Å². The number of hydrogen-bond acceptors (Lipinski definition) is 3. The van der Waals surface area contributed by atoms with E-state index in [9.17, 15) is 10.1 Å². The van der Waals surface area contributed by atoms with Crippen LogP contribution in [0, 0.1) is 17.0 Å². The third-order valence-electron chi connectivity index (χ3n) is 2.91. The van der Waals surface area contributed by atoms with Crippen LogP contribution < -0.4 is 0 Å². The van der Waals surface area contributed by atoms with E-state index in [4.69, 9.17) is 11.6 Å². The minimum absolute atomic E-state index is 0.0822. The van der Waals surface area contributed by atoms with E-state index in [0.29, 0.717) is 5.15 Å². The molecule has 0 aliphatic carbocycles. The molecule has 0 amide bonds. The molecule has 1 heterocycles. The maximum atomic E-state index is 10.8.